The molecule has 0 bridgehead atoms. The van der Waals surface area contributed by atoms with Crippen LogP contribution in [0.1, 0.15) is 5.56 Å². The van der Waals surface area contributed by atoms with E-state index in [2.05, 4.69) is 10.3 Å². The number of fused-ring (bicyclic) bond motifs is 1. The van der Waals surface area contributed by atoms with Crippen LogP contribution in [-0.4, -0.2) is 42.6 Å². The number of halogens is 2. The SMILES string of the molecule is FC(F)(CN1CCNCC1)c1ccc2ncoc2c1. The Bertz CT molecular complexity index is 564. The summed E-state index contributed by atoms with van der Waals surface area (Å²) in [6.45, 7) is 2.57. The highest BCUT2D eigenvalue weighted by atomic mass is 19.3. The van der Waals surface area contributed by atoms with Crippen LogP contribution >= 0.6 is 0 Å². The maximum absolute atomic E-state index is 14.3. The van der Waals surface area contributed by atoms with E-state index >= 15 is 0 Å². The summed E-state index contributed by atoms with van der Waals surface area (Å²) in [5, 5.41) is 3.15. The number of alkyl halides is 2. The van der Waals surface area contributed by atoms with Crippen LogP contribution in [0.4, 0.5) is 8.78 Å². The normalized spacial score (nSPS) is 18.0. The van der Waals surface area contributed by atoms with Crippen molar-refractivity contribution in [2.75, 3.05) is 32.7 Å². The molecule has 1 aromatic carbocycles. The van der Waals surface area contributed by atoms with Gasteiger partial charge in [0.25, 0.3) is 5.92 Å². The molecule has 1 aromatic heterocycles. The standard InChI is InChI=1S/C13H15F2N3O/c14-13(15,8-18-5-3-16-4-6-18)10-1-2-11-12(7-10)19-9-17-11/h1-2,7,9,16H,3-6,8H2. The quantitative estimate of drug-likeness (QED) is 0.921. The monoisotopic (exact) mass is 267 g/mol. The molecule has 19 heavy (non-hydrogen) atoms. The number of nitrogens with one attached hydrogen (secondary N) is 1. The Hall–Kier alpha value is -1.53. The summed E-state index contributed by atoms with van der Waals surface area (Å²) in [6, 6.07) is 4.37. The van der Waals surface area contributed by atoms with E-state index in [1.54, 1.807) is 11.0 Å². The molecule has 1 N–H and O–H groups in total. The number of hydrogen-bond donors (Lipinski definition) is 1. The van der Waals surface area contributed by atoms with Gasteiger partial charge in [-0.05, 0) is 12.1 Å². The lowest BCUT2D eigenvalue weighted by Gasteiger charge is -2.30. The van der Waals surface area contributed by atoms with E-state index in [4.69, 9.17) is 4.42 Å². The minimum Gasteiger partial charge on any atom is -0.443 e. The first-order valence-corrected chi connectivity index (χ1v) is 6.30. The summed E-state index contributed by atoms with van der Waals surface area (Å²) < 4.78 is 33.6. The topological polar surface area (TPSA) is 41.3 Å². The Morgan fingerprint density at radius 2 is 2.11 bits per heavy atom. The van der Waals surface area contributed by atoms with Crippen LogP contribution < -0.4 is 5.32 Å². The molecular weight excluding hydrogens is 252 g/mol. The van der Waals surface area contributed by atoms with Gasteiger partial charge in [-0.3, -0.25) is 4.90 Å². The summed E-state index contributed by atoms with van der Waals surface area (Å²) >= 11 is 0. The largest absolute Gasteiger partial charge is 0.443 e. The summed E-state index contributed by atoms with van der Waals surface area (Å²) in [7, 11) is 0. The van der Waals surface area contributed by atoms with E-state index in [0.717, 1.165) is 13.1 Å². The van der Waals surface area contributed by atoms with Gasteiger partial charge in [0.2, 0.25) is 0 Å². The van der Waals surface area contributed by atoms with E-state index in [0.29, 0.717) is 24.2 Å². The molecule has 4 nitrogen and oxygen atoms in total. The second-order valence-electron chi connectivity index (χ2n) is 4.77. The predicted molar refractivity (Wildman–Crippen MR) is 67.2 cm³/mol. The van der Waals surface area contributed by atoms with Crippen LogP contribution in [0.25, 0.3) is 11.1 Å². The molecule has 0 amide bonds. The van der Waals surface area contributed by atoms with Crippen LogP contribution in [-0.2, 0) is 5.92 Å². The predicted octanol–water partition coefficient (Wildman–Crippen LogP) is 1.82. The second kappa shape index (κ2) is 4.86. The van der Waals surface area contributed by atoms with Crippen molar-refractivity contribution in [3.8, 4) is 0 Å². The van der Waals surface area contributed by atoms with E-state index < -0.39 is 5.92 Å². The first kappa shape index (κ1) is 12.5. The average molecular weight is 267 g/mol. The van der Waals surface area contributed by atoms with Gasteiger partial charge in [-0.25, -0.2) is 4.98 Å². The molecule has 0 spiro atoms. The molecule has 1 aliphatic heterocycles. The molecule has 1 saturated heterocycles. The maximum atomic E-state index is 14.3. The zero-order valence-electron chi connectivity index (χ0n) is 10.4. The zero-order valence-corrected chi connectivity index (χ0v) is 10.4. The molecule has 2 aromatic rings. The Labute approximate surface area is 109 Å². The second-order valence-corrected chi connectivity index (χ2v) is 4.77. The fourth-order valence-corrected chi connectivity index (χ4v) is 2.32. The Kier molecular flexibility index (Phi) is 3.20. The van der Waals surface area contributed by atoms with E-state index in [1.165, 1.54) is 18.5 Å². The van der Waals surface area contributed by atoms with Gasteiger partial charge >= 0.3 is 0 Å². The van der Waals surface area contributed by atoms with Gasteiger partial charge in [0, 0.05) is 31.7 Å². The lowest BCUT2D eigenvalue weighted by atomic mass is 10.1. The number of oxazole rings is 1. The summed E-state index contributed by atoms with van der Waals surface area (Å²) in [4.78, 5) is 5.71. The molecule has 0 saturated carbocycles. The fourth-order valence-electron chi connectivity index (χ4n) is 2.32. The molecule has 0 aliphatic carbocycles. The molecule has 0 atom stereocenters. The molecule has 1 fully saturated rings. The van der Waals surface area contributed by atoms with E-state index in [9.17, 15) is 8.78 Å². The van der Waals surface area contributed by atoms with Crippen LogP contribution in [0, 0.1) is 0 Å². The number of hydrogen-bond acceptors (Lipinski definition) is 4. The van der Waals surface area contributed by atoms with Crippen molar-refractivity contribution in [1.29, 1.82) is 0 Å². The van der Waals surface area contributed by atoms with Gasteiger partial charge in [0.1, 0.15) is 5.52 Å². The number of nitrogens with zero attached hydrogens (tertiary/aromatic N) is 2. The highest BCUT2D eigenvalue weighted by molar-refractivity contribution is 5.73. The third kappa shape index (κ3) is 2.59. The van der Waals surface area contributed by atoms with Crippen LogP contribution in [0.15, 0.2) is 29.0 Å². The van der Waals surface area contributed by atoms with Crippen molar-refractivity contribution in [1.82, 2.24) is 15.2 Å². The van der Waals surface area contributed by atoms with Gasteiger partial charge in [0.15, 0.2) is 12.0 Å². The molecule has 2 heterocycles. The average Bonchev–Trinajstić information content (AvgIpc) is 2.86. The summed E-state index contributed by atoms with van der Waals surface area (Å²) in [5.74, 6) is -2.88. The number of rotatable bonds is 3. The van der Waals surface area contributed by atoms with E-state index in [1.807, 2.05) is 0 Å². The number of aromatic nitrogens is 1. The minimum absolute atomic E-state index is 0.0183. The van der Waals surface area contributed by atoms with Crippen molar-refractivity contribution in [3.05, 3.63) is 30.2 Å². The van der Waals surface area contributed by atoms with Gasteiger partial charge in [0.05, 0.1) is 6.54 Å². The number of benzene rings is 1. The zero-order chi connectivity index (χ0) is 13.3. The van der Waals surface area contributed by atoms with Crippen molar-refractivity contribution in [2.24, 2.45) is 0 Å². The molecule has 3 rings (SSSR count). The van der Waals surface area contributed by atoms with Crippen molar-refractivity contribution >= 4 is 11.1 Å². The van der Waals surface area contributed by atoms with Crippen LogP contribution in [0.5, 0.6) is 0 Å². The lowest BCUT2D eigenvalue weighted by Crippen LogP contribution is -2.47. The van der Waals surface area contributed by atoms with Crippen molar-refractivity contribution in [3.63, 3.8) is 0 Å². The summed E-state index contributed by atoms with van der Waals surface area (Å²) in [6.07, 6.45) is 1.27. The van der Waals surface area contributed by atoms with Crippen LogP contribution in [0.2, 0.25) is 0 Å². The first-order chi connectivity index (χ1) is 9.15. The molecule has 102 valence electrons. The van der Waals surface area contributed by atoms with Gasteiger partial charge < -0.3 is 9.73 Å². The third-order valence-electron chi connectivity index (χ3n) is 3.39. The minimum atomic E-state index is -2.88. The molecule has 0 radical (unpaired) electrons. The van der Waals surface area contributed by atoms with Gasteiger partial charge in [-0.2, -0.15) is 8.78 Å². The smallest absolute Gasteiger partial charge is 0.285 e. The Balaban J connectivity index is 1.81. The maximum Gasteiger partial charge on any atom is 0.285 e. The van der Waals surface area contributed by atoms with Crippen molar-refractivity contribution < 1.29 is 13.2 Å². The lowest BCUT2D eigenvalue weighted by molar-refractivity contribution is -0.0400. The fraction of sp³-hybridized carbons (Fsp3) is 0.462. The van der Waals surface area contributed by atoms with Gasteiger partial charge in [-0.15, -0.1) is 0 Å². The third-order valence-corrected chi connectivity index (χ3v) is 3.39. The first-order valence-electron chi connectivity index (χ1n) is 6.30. The molecular formula is C13H15F2N3O. The van der Waals surface area contributed by atoms with E-state index in [-0.39, 0.29) is 12.1 Å². The van der Waals surface area contributed by atoms with Gasteiger partial charge in [-0.1, -0.05) is 6.07 Å². The highest BCUT2D eigenvalue weighted by Gasteiger charge is 2.34. The Morgan fingerprint density at radius 1 is 1.32 bits per heavy atom. The highest BCUT2D eigenvalue weighted by Crippen LogP contribution is 2.31. The van der Waals surface area contributed by atoms with Crippen LogP contribution in [0.3, 0.4) is 0 Å². The number of piperazine rings is 1. The molecule has 1 aliphatic rings. The Morgan fingerprint density at radius 3 is 2.89 bits per heavy atom. The van der Waals surface area contributed by atoms with Crippen molar-refractivity contribution in [2.45, 2.75) is 5.92 Å². The molecule has 6 heteroatoms. The summed E-state index contributed by atoms with van der Waals surface area (Å²) in [5.41, 5.74) is 0.981. The molecule has 0 unspecified atom stereocenters.